The van der Waals surface area contributed by atoms with Gasteiger partial charge in [0.05, 0.1) is 4.87 Å². The third-order valence-corrected chi connectivity index (χ3v) is 8.37. The molecule has 0 unspecified atom stereocenters. The monoisotopic (exact) mass is 350 g/mol. The third-order valence-electron chi connectivity index (χ3n) is 6.87. The van der Waals surface area contributed by atoms with E-state index in [1.54, 1.807) is 0 Å². The van der Waals surface area contributed by atoms with Crippen LogP contribution in [0.2, 0.25) is 0 Å². The molecule has 1 aliphatic carbocycles. The average molecular weight is 351 g/mol. The van der Waals surface area contributed by atoms with Gasteiger partial charge in [-0.25, -0.2) is 0 Å². The Bertz CT molecular complexity index is 529. The summed E-state index contributed by atoms with van der Waals surface area (Å²) in [5.74, 6) is 1.19. The SMILES string of the molecule is C[C@@]12CCC(=O)N1[C@H](C(=O)N1CCCC3(CCCCCC3)C1)CS2. The van der Waals surface area contributed by atoms with Gasteiger partial charge in [0.2, 0.25) is 11.8 Å². The number of amides is 2. The van der Waals surface area contributed by atoms with E-state index in [0.717, 1.165) is 31.7 Å². The van der Waals surface area contributed by atoms with E-state index in [1.807, 2.05) is 16.7 Å². The molecule has 0 aromatic heterocycles. The van der Waals surface area contributed by atoms with Gasteiger partial charge >= 0.3 is 0 Å². The van der Waals surface area contributed by atoms with Crippen LogP contribution in [0.5, 0.6) is 0 Å². The van der Waals surface area contributed by atoms with Crippen molar-refractivity contribution in [3.05, 3.63) is 0 Å². The molecule has 0 radical (unpaired) electrons. The largest absolute Gasteiger partial charge is 0.340 e. The van der Waals surface area contributed by atoms with E-state index < -0.39 is 0 Å². The van der Waals surface area contributed by atoms with Crippen molar-refractivity contribution in [3.63, 3.8) is 0 Å². The van der Waals surface area contributed by atoms with Crippen LogP contribution in [0.4, 0.5) is 0 Å². The van der Waals surface area contributed by atoms with Crippen LogP contribution in [0.3, 0.4) is 0 Å². The zero-order valence-corrected chi connectivity index (χ0v) is 15.7. The summed E-state index contributed by atoms with van der Waals surface area (Å²) in [5, 5.41) is 0. The van der Waals surface area contributed by atoms with Crippen LogP contribution in [-0.4, -0.2) is 51.4 Å². The molecular formula is C19H30N2O2S. The predicted octanol–water partition coefficient (Wildman–Crippen LogP) is 3.40. The van der Waals surface area contributed by atoms with E-state index in [-0.39, 0.29) is 22.7 Å². The Morgan fingerprint density at radius 1 is 1.08 bits per heavy atom. The number of carbonyl (C=O) groups excluding carboxylic acids is 2. The van der Waals surface area contributed by atoms with Gasteiger partial charge in [-0.3, -0.25) is 9.59 Å². The van der Waals surface area contributed by atoms with Crippen LogP contribution in [-0.2, 0) is 9.59 Å². The highest BCUT2D eigenvalue weighted by molar-refractivity contribution is 8.01. The van der Waals surface area contributed by atoms with Crippen LogP contribution in [0.25, 0.3) is 0 Å². The summed E-state index contributed by atoms with van der Waals surface area (Å²) in [6.07, 6.45) is 11.9. The molecule has 1 saturated carbocycles. The number of hydrogen-bond donors (Lipinski definition) is 0. The first-order chi connectivity index (χ1) is 11.5. The van der Waals surface area contributed by atoms with Crippen molar-refractivity contribution in [2.45, 2.75) is 82.0 Å². The standard InChI is InChI=1S/C19H30N2O2S/c1-18-11-7-16(22)21(18)15(13-24-18)17(23)20-12-6-10-19(14-20)8-4-2-3-5-9-19/h15H,2-14H2,1H3/t15-,18+/m0/s1. The Morgan fingerprint density at radius 2 is 1.79 bits per heavy atom. The maximum Gasteiger partial charge on any atom is 0.246 e. The number of thioether (sulfide) groups is 1. The van der Waals surface area contributed by atoms with Gasteiger partial charge in [-0.2, -0.15) is 0 Å². The van der Waals surface area contributed by atoms with Gasteiger partial charge in [-0.05, 0) is 44.4 Å². The van der Waals surface area contributed by atoms with Gasteiger partial charge in [-0.15, -0.1) is 11.8 Å². The fraction of sp³-hybridized carbons (Fsp3) is 0.895. The fourth-order valence-electron chi connectivity index (χ4n) is 5.50. The first-order valence-corrected chi connectivity index (χ1v) is 10.8. The third kappa shape index (κ3) is 2.77. The maximum atomic E-state index is 13.3. The molecule has 0 aromatic carbocycles. The minimum atomic E-state index is -0.212. The van der Waals surface area contributed by atoms with Gasteiger partial charge in [0.1, 0.15) is 6.04 Å². The molecule has 1 spiro atoms. The number of hydrogen-bond acceptors (Lipinski definition) is 3. The molecule has 0 aromatic rings. The zero-order valence-electron chi connectivity index (χ0n) is 14.9. The van der Waals surface area contributed by atoms with Crippen LogP contribution in [0, 0.1) is 5.41 Å². The molecule has 4 rings (SSSR count). The molecule has 24 heavy (non-hydrogen) atoms. The van der Waals surface area contributed by atoms with Crippen LogP contribution < -0.4 is 0 Å². The number of fused-ring (bicyclic) bond motifs is 1. The number of likely N-dealkylation sites (tertiary alicyclic amines) is 1. The molecule has 3 heterocycles. The van der Waals surface area contributed by atoms with Gasteiger partial charge in [0.15, 0.2) is 0 Å². The molecule has 4 nitrogen and oxygen atoms in total. The van der Waals surface area contributed by atoms with Crippen molar-refractivity contribution in [1.29, 1.82) is 0 Å². The first-order valence-electron chi connectivity index (χ1n) is 9.78. The van der Waals surface area contributed by atoms with Crippen molar-refractivity contribution >= 4 is 23.6 Å². The minimum absolute atomic E-state index is 0.132. The minimum Gasteiger partial charge on any atom is -0.340 e. The summed E-state index contributed by atoms with van der Waals surface area (Å²) in [7, 11) is 0. The molecule has 0 N–H and O–H groups in total. The number of rotatable bonds is 1. The highest BCUT2D eigenvalue weighted by Gasteiger charge is 2.54. The predicted molar refractivity (Wildman–Crippen MR) is 96.7 cm³/mol. The molecule has 3 saturated heterocycles. The Balaban J connectivity index is 1.49. The molecule has 2 atom stereocenters. The molecular weight excluding hydrogens is 320 g/mol. The fourth-order valence-corrected chi connectivity index (χ4v) is 6.92. The highest BCUT2D eigenvalue weighted by Crippen LogP contribution is 2.48. The molecule has 5 heteroatoms. The molecule has 134 valence electrons. The summed E-state index contributed by atoms with van der Waals surface area (Å²) in [5.41, 5.74) is 0.370. The van der Waals surface area contributed by atoms with E-state index in [0.29, 0.717) is 11.8 Å². The van der Waals surface area contributed by atoms with Crippen LogP contribution >= 0.6 is 11.8 Å². The number of nitrogens with zero attached hydrogens (tertiary/aromatic N) is 2. The lowest BCUT2D eigenvalue weighted by Gasteiger charge is -2.44. The lowest BCUT2D eigenvalue weighted by atomic mass is 9.74. The van der Waals surface area contributed by atoms with E-state index >= 15 is 0 Å². The lowest BCUT2D eigenvalue weighted by Crippen LogP contribution is -2.55. The van der Waals surface area contributed by atoms with Crippen molar-refractivity contribution in [2.24, 2.45) is 5.41 Å². The average Bonchev–Trinajstić information content (AvgIpc) is 2.96. The van der Waals surface area contributed by atoms with Gasteiger partial charge in [-0.1, -0.05) is 25.7 Å². The van der Waals surface area contributed by atoms with Crippen molar-refractivity contribution < 1.29 is 9.59 Å². The molecule has 4 fully saturated rings. The topological polar surface area (TPSA) is 40.6 Å². The zero-order chi connectivity index (χ0) is 16.8. The first kappa shape index (κ1) is 16.7. The van der Waals surface area contributed by atoms with E-state index in [2.05, 4.69) is 11.8 Å². The second-order valence-corrected chi connectivity index (χ2v) is 10.0. The summed E-state index contributed by atoms with van der Waals surface area (Å²) in [6.45, 7) is 3.96. The summed E-state index contributed by atoms with van der Waals surface area (Å²) < 4.78 is 0. The number of carbonyl (C=O) groups is 2. The number of piperidine rings is 1. The Morgan fingerprint density at radius 3 is 2.54 bits per heavy atom. The van der Waals surface area contributed by atoms with Crippen molar-refractivity contribution in [3.8, 4) is 0 Å². The van der Waals surface area contributed by atoms with Gasteiger partial charge < -0.3 is 9.80 Å². The highest BCUT2D eigenvalue weighted by atomic mass is 32.2. The second-order valence-electron chi connectivity index (χ2n) is 8.54. The second kappa shape index (κ2) is 6.22. The van der Waals surface area contributed by atoms with E-state index in [9.17, 15) is 9.59 Å². The normalized spacial score (nSPS) is 36.0. The van der Waals surface area contributed by atoms with E-state index in [4.69, 9.17) is 0 Å². The summed E-state index contributed by atoms with van der Waals surface area (Å²) in [4.78, 5) is 29.5. The lowest BCUT2D eigenvalue weighted by molar-refractivity contribution is -0.146. The van der Waals surface area contributed by atoms with Gasteiger partial charge in [0, 0.05) is 25.3 Å². The Labute approximate surface area is 149 Å². The van der Waals surface area contributed by atoms with Crippen LogP contribution in [0.15, 0.2) is 0 Å². The maximum absolute atomic E-state index is 13.3. The van der Waals surface area contributed by atoms with Crippen molar-refractivity contribution in [1.82, 2.24) is 9.80 Å². The molecule has 0 bridgehead atoms. The van der Waals surface area contributed by atoms with Crippen LogP contribution in [0.1, 0.15) is 71.1 Å². The summed E-state index contributed by atoms with van der Waals surface area (Å²) >= 11 is 1.81. The smallest absolute Gasteiger partial charge is 0.246 e. The Kier molecular flexibility index (Phi) is 4.34. The van der Waals surface area contributed by atoms with Gasteiger partial charge in [0.25, 0.3) is 0 Å². The molecule has 4 aliphatic rings. The Hall–Kier alpha value is -0.710. The van der Waals surface area contributed by atoms with Crippen molar-refractivity contribution in [2.75, 3.05) is 18.8 Å². The summed E-state index contributed by atoms with van der Waals surface area (Å²) in [6, 6.07) is -0.212. The van der Waals surface area contributed by atoms with E-state index in [1.165, 1.54) is 44.9 Å². The molecule has 2 amide bonds. The molecule has 3 aliphatic heterocycles. The quantitative estimate of drug-likeness (QED) is 0.728.